The molecule has 1 aliphatic carbocycles. The summed E-state index contributed by atoms with van der Waals surface area (Å²) in [7, 11) is 3.20. The molecule has 2 unspecified atom stereocenters. The van der Waals surface area contributed by atoms with Crippen molar-refractivity contribution in [2.75, 3.05) is 20.8 Å². The van der Waals surface area contributed by atoms with Crippen LogP contribution in [0.5, 0.6) is 11.5 Å². The highest BCUT2D eigenvalue weighted by molar-refractivity contribution is 9.09. The number of carbonyl (C=O) groups is 1. The van der Waals surface area contributed by atoms with Gasteiger partial charge in [-0.15, -0.1) is 0 Å². The van der Waals surface area contributed by atoms with Gasteiger partial charge in [-0.25, -0.2) is 0 Å². The predicted octanol–water partition coefficient (Wildman–Crippen LogP) is 2.93. The molecule has 0 heterocycles. The molecule has 1 aromatic carbocycles. The van der Waals surface area contributed by atoms with Crippen molar-refractivity contribution in [1.29, 1.82) is 0 Å². The summed E-state index contributed by atoms with van der Waals surface area (Å²) < 4.78 is 10.4. The average Bonchev–Trinajstić information content (AvgIpc) is 2.90. The molecule has 0 spiro atoms. The van der Waals surface area contributed by atoms with E-state index in [4.69, 9.17) is 9.47 Å². The molecule has 2 atom stereocenters. The molecule has 1 aromatic rings. The highest BCUT2D eigenvalue weighted by Crippen LogP contribution is 2.30. The fourth-order valence-electron chi connectivity index (χ4n) is 2.70. The van der Waals surface area contributed by atoms with Gasteiger partial charge in [-0.2, -0.15) is 0 Å². The van der Waals surface area contributed by atoms with E-state index in [-0.39, 0.29) is 5.91 Å². The van der Waals surface area contributed by atoms with Crippen LogP contribution < -0.4 is 14.8 Å². The third kappa shape index (κ3) is 4.63. The van der Waals surface area contributed by atoms with Crippen molar-refractivity contribution in [2.45, 2.75) is 30.5 Å². The van der Waals surface area contributed by atoms with Crippen LogP contribution in [0.15, 0.2) is 18.2 Å². The molecule has 5 heteroatoms. The molecule has 0 saturated heterocycles. The quantitative estimate of drug-likeness (QED) is 0.798. The second-order valence-corrected chi connectivity index (χ2v) is 6.74. The second-order valence-electron chi connectivity index (χ2n) is 5.45. The van der Waals surface area contributed by atoms with Gasteiger partial charge in [0.15, 0.2) is 11.5 Å². The van der Waals surface area contributed by atoms with E-state index in [0.29, 0.717) is 28.7 Å². The average molecular weight is 356 g/mol. The van der Waals surface area contributed by atoms with Crippen molar-refractivity contribution < 1.29 is 14.3 Å². The number of ether oxygens (including phenoxy) is 2. The Morgan fingerprint density at radius 3 is 2.67 bits per heavy atom. The van der Waals surface area contributed by atoms with Crippen molar-refractivity contribution in [3.05, 3.63) is 23.8 Å². The molecule has 116 valence electrons. The molecule has 0 radical (unpaired) electrons. The van der Waals surface area contributed by atoms with E-state index in [1.165, 1.54) is 12.8 Å². The third-order valence-corrected chi connectivity index (χ3v) is 4.71. The zero-order valence-corrected chi connectivity index (χ0v) is 14.1. The smallest absolute Gasteiger partial charge is 0.224 e. The van der Waals surface area contributed by atoms with Crippen LogP contribution >= 0.6 is 15.9 Å². The first kappa shape index (κ1) is 16.1. The summed E-state index contributed by atoms with van der Waals surface area (Å²) >= 11 is 3.63. The first-order chi connectivity index (χ1) is 10.1. The SMILES string of the molecule is COc1ccc(CC(=O)NCC2CCC(Br)C2)cc1OC. The molecule has 1 N–H and O–H groups in total. The van der Waals surface area contributed by atoms with Gasteiger partial charge in [0.25, 0.3) is 0 Å². The first-order valence-corrected chi connectivity index (χ1v) is 8.15. The van der Waals surface area contributed by atoms with E-state index in [9.17, 15) is 4.79 Å². The van der Waals surface area contributed by atoms with Gasteiger partial charge >= 0.3 is 0 Å². The van der Waals surface area contributed by atoms with Crippen molar-refractivity contribution in [1.82, 2.24) is 5.32 Å². The van der Waals surface area contributed by atoms with Crippen LogP contribution in [0.25, 0.3) is 0 Å². The molecule has 2 rings (SSSR count). The summed E-state index contributed by atoms with van der Waals surface area (Å²) in [6.07, 6.45) is 3.91. The monoisotopic (exact) mass is 355 g/mol. The minimum absolute atomic E-state index is 0.0558. The highest BCUT2D eigenvalue weighted by atomic mass is 79.9. The maximum atomic E-state index is 12.0. The summed E-state index contributed by atoms with van der Waals surface area (Å²) in [5, 5.41) is 3.03. The Bertz CT molecular complexity index is 492. The first-order valence-electron chi connectivity index (χ1n) is 7.24. The fourth-order valence-corrected chi connectivity index (χ4v) is 3.49. The number of nitrogens with one attached hydrogen (secondary N) is 1. The van der Waals surface area contributed by atoms with E-state index < -0.39 is 0 Å². The fraction of sp³-hybridized carbons (Fsp3) is 0.562. The molecule has 1 amide bonds. The molecule has 0 aromatic heterocycles. The van der Waals surface area contributed by atoms with Crippen molar-refractivity contribution >= 4 is 21.8 Å². The molecular formula is C16H22BrNO3. The zero-order chi connectivity index (χ0) is 15.2. The van der Waals surface area contributed by atoms with Gasteiger partial charge in [-0.05, 0) is 42.9 Å². The van der Waals surface area contributed by atoms with Crippen LogP contribution in [0.1, 0.15) is 24.8 Å². The number of alkyl halides is 1. The summed E-state index contributed by atoms with van der Waals surface area (Å²) in [5.74, 6) is 1.99. The Hall–Kier alpha value is -1.23. The summed E-state index contributed by atoms with van der Waals surface area (Å²) in [5.41, 5.74) is 0.926. The van der Waals surface area contributed by atoms with Gasteiger partial charge in [-0.1, -0.05) is 22.0 Å². The van der Waals surface area contributed by atoms with Crippen LogP contribution in [0.4, 0.5) is 0 Å². The molecule has 1 saturated carbocycles. The Kier molecular flexibility index (Phi) is 5.91. The molecule has 4 nitrogen and oxygen atoms in total. The van der Waals surface area contributed by atoms with Crippen molar-refractivity contribution in [3.8, 4) is 11.5 Å². The topological polar surface area (TPSA) is 47.6 Å². The molecular weight excluding hydrogens is 334 g/mol. The lowest BCUT2D eigenvalue weighted by Crippen LogP contribution is -2.29. The summed E-state index contributed by atoms with van der Waals surface area (Å²) in [6.45, 7) is 0.772. The van der Waals surface area contributed by atoms with Gasteiger partial charge in [-0.3, -0.25) is 4.79 Å². The Morgan fingerprint density at radius 1 is 1.29 bits per heavy atom. The van der Waals surface area contributed by atoms with Gasteiger partial charge in [0.2, 0.25) is 5.91 Å². The van der Waals surface area contributed by atoms with Crippen LogP contribution in [0.2, 0.25) is 0 Å². The van der Waals surface area contributed by atoms with Crippen LogP contribution in [0, 0.1) is 5.92 Å². The standard InChI is InChI=1S/C16H22BrNO3/c1-20-14-6-4-11(8-15(14)21-2)9-16(19)18-10-12-3-5-13(17)7-12/h4,6,8,12-13H,3,5,7,9-10H2,1-2H3,(H,18,19). The molecule has 1 fully saturated rings. The molecule has 0 bridgehead atoms. The summed E-state index contributed by atoms with van der Waals surface area (Å²) in [6, 6.07) is 5.57. The van der Waals surface area contributed by atoms with Gasteiger partial charge < -0.3 is 14.8 Å². The van der Waals surface area contributed by atoms with Crippen LogP contribution in [-0.4, -0.2) is 31.5 Å². The van der Waals surface area contributed by atoms with Crippen LogP contribution in [0.3, 0.4) is 0 Å². The molecule has 1 aliphatic rings. The van der Waals surface area contributed by atoms with Crippen molar-refractivity contribution in [2.24, 2.45) is 5.92 Å². The Balaban J connectivity index is 1.84. The number of hydrogen-bond donors (Lipinski definition) is 1. The van der Waals surface area contributed by atoms with Gasteiger partial charge in [0.1, 0.15) is 0 Å². The number of rotatable bonds is 6. The second kappa shape index (κ2) is 7.69. The van der Waals surface area contributed by atoms with Crippen LogP contribution in [-0.2, 0) is 11.2 Å². The number of methoxy groups -OCH3 is 2. The number of amides is 1. The zero-order valence-electron chi connectivity index (χ0n) is 12.5. The minimum Gasteiger partial charge on any atom is -0.493 e. The largest absolute Gasteiger partial charge is 0.493 e. The maximum Gasteiger partial charge on any atom is 0.224 e. The number of benzene rings is 1. The van der Waals surface area contributed by atoms with Gasteiger partial charge in [0.05, 0.1) is 20.6 Å². The Morgan fingerprint density at radius 2 is 2.05 bits per heavy atom. The van der Waals surface area contributed by atoms with E-state index >= 15 is 0 Å². The molecule has 0 aliphatic heterocycles. The Labute approximate surface area is 134 Å². The van der Waals surface area contributed by atoms with E-state index in [2.05, 4.69) is 21.2 Å². The van der Waals surface area contributed by atoms with E-state index in [1.807, 2.05) is 18.2 Å². The lowest BCUT2D eigenvalue weighted by molar-refractivity contribution is -0.120. The van der Waals surface area contributed by atoms with E-state index in [1.54, 1.807) is 14.2 Å². The van der Waals surface area contributed by atoms with E-state index in [0.717, 1.165) is 18.5 Å². The minimum atomic E-state index is 0.0558. The maximum absolute atomic E-state index is 12.0. The number of halogens is 1. The summed E-state index contributed by atoms with van der Waals surface area (Å²) in [4.78, 5) is 12.6. The predicted molar refractivity (Wildman–Crippen MR) is 86.3 cm³/mol. The lowest BCUT2D eigenvalue weighted by atomic mass is 10.1. The normalized spacial score (nSPS) is 21.1. The molecule has 21 heavy (non-hydrogen) atoms. The number of hydrogen-bond acceptors (Lipinski definition) is 3. The number of carbonyl (C=O) groups excluding carboxylic acids is 1. The lowest BCUT2D eigenvalue weighted by Gasteiger charge is -2.12. The third-order valence-electron chi connectivity index (χ3n) is 3.88. The van der Waals surface area contributed by atoms with Gasteiger partial charge in [0, 0.05) is 11.4 Å². The highest BCUT2D eigenvalue weighted by Gasteiger charge is 2.22. The van der Waals surface area contributed by atoms with Crippen molar-refractivity contribution in [3.63, 3.8) is 0 Å².